The van der Waals surface area contributed by atoms with E-state index >= 15 is 0 Å². The molecular formula is C18H13F3N2. The number of halogens is 3. The molecule has 0 saturated carbocycles. The molecule has 3 aromatic rings. The van der Waals surface area contributed by atoms with Crippen LogP contribution in [-0.4, -0.2) is 9.97 Å². The zero-order valence-corrected chi connectivity index (χ0v) is 12.4. The van der Waals surface area contributed by atoms with Crippen LogP contribution in [0.3, 0.4) is 0 Å². The van der Waals surface area contributed by atoms with E-state index in [2.05, 4.69) is 9.97 Å². The molecule has 116 valence electrons. The van der Waals surface area contributed by atoms with Gasteiger partial charge in [0.1, 0.15) is 0 Å². The van der Waals surface area contributed by atoms with Gasteiger partial charge in [-0.15, -0.1) is 0 Å². The van der Waals surface area contributed by atoms with Gasteiger partial charge in [-0.05, 0) is 35.2 Å². The fourth-order valence-electron chi connectivity index (χ4n) is 2.22. The number of aryl methyl sites for hydroxylation is 1. The minimum atomic E-state index is -1.46. The minimum absolute atomic E-state index is 0.273. The normalized spacial score (nSPS) is 10.8. The van der Waals surface area contributed by atoms with Crippen molar-refractivity contribution >= 4 is 0 Å². The highest BCUT2D eigenvalue weighted by molar-refractivity contribution is 5.67. The summed E-state index contributed by atoms with van der Waals surface area (Å²) in [7, 11) is 0. The zero-order chi connectivity index (χ0) is 16.4. The quantitative estimate of drug-likeness (QED) is 0.650. The zero-order valence-electron chi connectivity index (χ0n) is 12.4. The summed E-state index contributed by atoms with van der Waals surface area (Å²) in [5.74, 6) is -3.30. The van der Waals surface area contributed by atoms with Crippen molar-refractivity contribution in [1.29, 1.82) is 0 Å². The Labute approximate surface area is 131 Å². The predicted molar refractivity (Wildman–Crippen MR) is 82.2 cm³/mol. The third-order valence-corrected chi connectivity index (χ3v) is 3.57. The molecule has 23 heavy (non-hydrogen) atoms. The molecule has 0 radical (unpaired) electrons. The smallest absolute Gasteiger partial charge is 0.194 e. The lowest BCUT2D eigenvalue weighted by Crippen LogP contribution is -1.93. The third kappa shape index (κ3) is 3.08. The van der Waals surface area contributed by atoms with E-state index < -0.39 is 17.5 Å². The maximum atomic E-state index is 13.3. The van der Waals surface area contributed by atoms with Crippen LogP contribution in [-0.2, 0) is 6.42 Å². The summed E-state index contributed by atoms with van der Waals surface area (Å²) in [5.41, 5.74) is 2.69. The Bertz CT molecular complexity index is 805. The molecule has 0 bridgehead atoms. The van der Waals surface area contributed by atoms with Crippen molar-refractivity contribution in [1.82, 2.24) is 9.97 Å². The Morgan fingerprint density at radius 2 is 1.30 bits per heavy atom. The lowest BCUT2D eigenvalue weighted by atomic mass is 10.0. The fraction of sp³-hybridized carbons (Fsp3) is 0.111. The Morgan fingerprint density at radius 3 is 1.83 bits per heavy atom. The molecular weight excluding hydrogens is 301 g/mol. The monoisotopic (exact) mass is 314 g/mol. The molecule has 0 aliphatic carbocycles. The van der Waals surface area contributed by atoms with Crippen LogP contribution in [0, 0.1) is 17.5 Å². The van der Waals surface area contributed by atoms with Gasteiger partial charge in [0.2, 0.25) is 0 Å². The molecule has 0 N–H and O–H groups in total. The standard InChI is InChI=1S/C18H13F3N2/c1-2-11-9-22-18(23-10-11)13-5-3-12(4-6-13)14-7-15(19)17(21)16(20)8-14/h3-10H,2H2,1H3. The van der Waals surface area contributed by atoms with Gasteiger partial charge in [-0.3, -0.25) is 0 Å². The van der Waals surface area contributed by atoms with E-state index in [1.807, 2.05) is 6.92 Å². The first-order valence-corrected chi connectivity index (χ1v) is 7.14. The largest absolute Gasteiger partial charge is 0.236 e. The van der Waals surface area contributed by atoms with E-state index in [4.69, 9.17) is 0 Å². The SMILES string of the molecule is CCc1cnc(-c2ccc(-c3cc(F)c(F)c(F)c3)cc2)nc1. The summed E-state index contributed by atoms with van der Waals surface area (Å²) >= 11 is 0. The second-order valence-corrected chi connectivity index (χ2v) is 5.10. The first-order chi connectivity index (χ1) is 11.1. The van der Waals surface area contributed by atoms with Crippen LogP contribution in [0.15, 0.2) is 48.8 Å². The second kappa shape index (κ2) is 6.20. The number of aromatic nitrogens is 2. The van der Waals surface area contributed by atoms with E-state index in [1.54, 1.807) is 36.7 Å². The number of hydrogen-bond acceptors (Lipinski definition) is 2. The molecule has 0 spiro atoms. The first-order valence-electron chi connectivity index (χ1n) is 7.14. The van der Waals surface area contributed by atoms with Gasteiger partial charge in [0.15, 0.2) is 23.3 Å². The molecule has 3 rings (SSSR count). The van der Waals surface area contributed by atoms with Gasteiger partial charge >= 0.3 is 0 Å². The highest BCUT2D eigenvalue weighted by atomic mass is 19.2. The molecule has 5 heteroatoms. The van der Waals surface area contributed by atoms with Crippen molar-refractivity contribution in [3.63, 3.8) is 0 Å². The summed E-state index contributed by atoms with van der Waals surface area (Å²) in [6.07, 6.45) is 4.39. The van der Waals surface area contributed by atoms with Crippen molar-refractivity contribution in [2.75, 3.05) is 0 Å². The summed E-state index contributed by atoms with van der Waals surface area (Å²) in [5, 5.41) is 0. The molecule has 0 atom stereocenters. The molecule has 0 unspecified atom stereocenters. The minimum Gasteiger partial charge on any atom is -0.236 e. The van der Waals surface area contributed by atoms with Crippen LogP contribution < -0.4 is 0 Å². The van der Waals surface area contributed by atoms with Crippen molar-refractivity contribution in [2.45, 2.75) is 13.3 Å². The maximum Gasteiger partial charge on any atom is 0.194 e. The van der Waals surface area contributed by atoms with Crippen molar-refractivity contribution in [3.8, 4) is 22.5 Å². The van der Waals surface area contributed by atoms with Crippen molar-refractivity contribution in [2.24, 2.45) is 0 Å². The van der Waals surface area contributed by atoms with Crippen molar-refractivity contribution < 1.29 is 13.2 Å². The lowest BCUT2D eigenvalue weighted by Gasteiger charge is -2.06. The molecule has 0 aliphatic rings. The first kappa shape index (κ1) is 15.2. The summed E-state index contributed by atoms with van der Waals surface area (Å²) < 4.78 is 39.6. The van der Waals surface area contributed by atoms with Gasteiger partial charge in [-0.1, -0.05) is 31.2 Å². The molecule has 2 aromatic carbocycles. The van der Waals surface area contributed by atoms with E-state index in [0.717, 1.165) is 29.7 Å². The maximum absolute atomic E-state index is 13.3. The van der Waals surface area contributed by atoms with E-state index in [-0.39, 0.29) is 5.56 Å². The Hall–Kier alpha value is -2.69. The molecule has 1 heterocycles. The molecule has 0 amide bonds. The Kier molecular flexibility index (Phi) is 4.10. The summed E-state index contributed by atoms with van der Waals surface area (Å²) in [6, 6.07) is 8.85. The second-order valence-electron chi connectivity index (χ2n) is 5.10. The highest BCUT2D eigenvalue weighted by Crippen LogP contribution is 2.26. The van der Waals surface area contributed by atoms with Crippen LogP contribution in [0.4, 0.5) is 13.2 Å². The predicted octanol–water partition coefficient (Wildman–Crippen LogP) is 4.79. The molecule has 2 nitrogen and oxygen atoms in total. The third-order valence-electron chi connectivity index (χ3n) is 3.57. The van der Waals surface area contributed by atoms with Gasteiger partial charge in [0, 0.05) is 18.0 Å². The molecule has 0 fully saturated rings. The molecule has 0 saturated heterocycles. The molecule has 1 aromatic heterocycles. The van der Waals surface area contributed by atoms with Gasteiger partial charge in [-0.25, -0.2) is 23.1 Å². The van der Waals surface area contributed by atoms with Crippen LogP contribution in [0.2, 0.25) is 0 Å². The van der Waals surface area contributed by atoms with E-state index in [0.29, 0.717) is 11.4 Å². The topological polar surface area (TPSA) is 25.8 Å². The molecule has 0 aliphatic heterocycles. The fourth-order valence-corrected chi connectivity index (χ4v) is 2.22. The highest BCUT2D eigenvalue weighted by Gasteiger charge is 2.11. The number of rotatable bonds is 3. The van der Waals surface area contributed by atoms with Gasteiger partial charge in [-0.2, -0.15) is 0 Å². The average Bonchev–Trinajstić information content (AvgIpc) is 2.59. The lowest BCUT2D eigenvalue weighted by molar-refractivity contribution is 0.448. The van der Waals surface area contributed by atoms with Gasteiger partial charge < -0.3 is 0 Å². The van der Waals surface area contributed by atoms with Crippen LogP contribution in [0.5, 0.6) is 0 Å². The van der Waals surface area contributed by atoms with E-state index in [9.17, 15) is 13.2 Å². The van der Waals surface area contributed by atoms with Gasteiger partial charge in [0.25, 0.3) is 0 Å². The van der Waals surface area contributed by atoms with E-state index in [1.165, 1.54) is 0 Å². The van der Waals surface area contributed by atoms with Crippen LogP contribution in [0.1, 0.15) is 12.5 Å². The summed E-state index contributed by atoms with van der Waals surface area (Å²) in [6.45, 7) is 2.02. The number of hydrogen-bond donors (Lipinski definition) is 0. The number of nitrogens with zero attached hydrogens (tertiary/aromatic N) is 2. The van der Waals surface area contributed by atoms with Crippen molar-refractivity contribution in [3.05, 3.63) is 71.8 Å². The van der Waals surface area contributed by atoms with Crippen LogP contribution >= 0.6 is 0 Å². The Balaban J connectivity index is 1.92. The Morgan fingerprint density at radius 1 is 0.783 bits per heavy atom. The number of benzene rings is 2. The van der Waals surface area contributed by atoms with Crippen LogP contribution in [0.25, 0.3) is 22.5 Å². The average molecular weight is 314 g/mol. The van der Waals surface area contributed by atoms with Gasteiger partial charge in [0.05, 0.1) is 0 Å². The summed E-state index contributed by atoms with van der Waals surface area (Å²) in [4.78, 5) is 8.56.